The Labute approximate surface area is 181 Å². The number of nitrogens with zero attached hydrogens (tertiary/aromatic N) is 2. The molecule has 5 nitrogen and oxygen atoms in total. The second-order valence-electron chi connectivity index (χ2n) is 8.28. The van der Waals surface area contributed by atoms with Crippen LogP contribution in [-0.4, -0.2) is 68.1 Å². The van der Waals surface area contributed by atoms with Crippen LogP contribution in [0.1, 0.15) is 30.9 Å². The van der Waals surface area contributed by atoms with Gasteiger partial charge in [-0.05, 0) is 35.6 Å². The molecule has 0 atom stereocenters. The van der Waals surface area contributed by atoms with E-state index >= 15 is 0 Å². The summed E-state index contributed by atoms with van der Waals surface area (Å²) in [6, 6.07) is 18.6. The number of carbonyl (C=O) groups is 1. The Balaban J connectivity index is 1.26. The van der Waals surface area contributed by atoms with Crippen LogP contribution in [0.4, 0.5) is 0 Å². The van der Waals surface area contributed by atoms with E-state index in [1.165, 1.54) is 11.1 Å². The summed E-state index contributed by atoms with van der Waals surface area (Å²) < 4.78 is 5.78. The largest absolute Gasteiger partial charge is 0.492 e. The predicted octanol–water partition coefficient (Wildman–Crippen LogP) is 3.17. The van der Waals surface area contributed by atoms with E-state index in [-0.39, 0.29) is 5.91 Å². The van der Waals surface area contributed by atoms with Crippen molar-refractivity contribution in [3.8, 4) is 5.75 Å². The number of hydrogen-bond acceptors (Lipinski definition) is 4. The molecule has 1 aliphatic heterocycles. The van der Waals surface area contributed by atoms with Crippen molar-refractivity contribution in [1.29, 1.82) is 0 Å². The second kappa shape index (κ2) is 11.7. The van der Waals surface area contributed by atoms with Gasteiger partial charge >= 0.3 is 0 Å². The van der Waals surface area contributed by atoms with Crippen LogP contribution in [0.15, 0.2) is 54.6 Å². The van der Waals surface area contributed by atoms with Gasteiger partial charge in [-0.2, -0.15) is 0 Å². The smallest absolute Gasteiger partial charge is 0.234 e. The molecule has 0 saturated carbocycles. The van der Waals surface area contributed by atoms with Gasteiger partial charge in [-0.25, -0.2) is 0 Å². The Morgan fingerprint density at radius 3 is 2.30 bits per heavy atom. The number of amides is 1. The summed E-state index contributed by atoms with van der Waals surface area (Å²) in [4.78, 5) is 16.9. The molecule has 3 rings (SSSR count). The van der Waals surface area contributed by atoms with Crippen LogP contribution in [0.25, 0.3) is 0 Å². The lowest BCUT2D eigenvalue weighted by molar-refractivity contribution is -0.122. The van der Waals surface area contributed by atoms with Crippen LogP contribution in [0, 0.1) is 0 Å². The molecule has 162 valence electrons. The molecular weight excluding hydrogens is 374 g/mol. The molecule has 1 saturated heterocycles. The number of piperazine rings is 1. The third kappa shape index (κ3) is 7.47. The summed E-state index contributed by atoms with van der Waals surface area (Å²) in [5.41, 5.74) is 2.62. The number of ether oxygens (including phenoxy) is 1. The van der Waals surface area contributed by atoms with E-state index in [9.17, 15) is 4.79 Å². The highest BCUT2D eigenvalue weighted by Gasteiger charge is 2.18. The van der Waals surface area contributed by atoms with Crippen molar-refractivity contribution < 1.29 is 9.53 Å². The fourth-order valence-electron chi connectivity index (χ4n) is 3.65. The molecule has 0 radical (unpaired) electrons. The van der Waals surface area contributed by atoms with E-state index in [4.69, 9.17) is 4.74 Å². The molecule has 1 amide bonds. The summed E-state index contributed by atoms with van der Waals surface area (Å²) >= 11 is 0. The highest BCUT2D eigenvalue weighted by molar-refractivity contribution is 5.78. The van der Waals surface area contributed by atoms with Crippen LogP contribution in [0.5, 0.6) is 5.75 Å². The molecule has 0 spiro atoms. The first-order valence-corrected chi connectivity index (χ1v) is 11.1. The quantitative estimate of drug-likeness (QED) is 0.655. The van der Waals surface area contributed by atoms with Crippen molar-refractivity contribution in [2.75, 3.05) is 52.4 Å². The maximum atomic E-state index is 12.3. The first kappa shape index (κ1) is 22.3. The number of carbonyl (C=O) groups excluding carboxylic acids is 1. The third-order valence-electron chi connectivity index (χ3n) is 5.63. The van der Waals surface area contributed by atoms with Crippen molar-refractivity contribution in [3.05, 3.63) is 65.7 Å². The molecule has 1 N–H and O–H groups in total. The van der Waals surface area contributed by atoms with Crippen molar-refractivity contribution in [3.63, 3.8) is 0 Å². The molecule has 1 fully saturated rings. The van der Waals surface area contributed by atoms with Gasteiger partial charge in [0, 0.05) is 39.3 Å². The highest BCUT2D eigenvalue weighted by Crippen LogP contribution is 2.14. The minimum Gasteiger partial charge on any atom is -0.492 e. The number of hydrogen-bond donors (Lipinski definition) is 1. The lowest BCUT2D eigenvalue weighted by atomic mass is 10.0. The molecule has 2 aromatic carbocycles. The monoisotopic (exact) mass is 409 g/mol. The Hall–Kier alpha value is -2.37. The number of para-hydroxylation sites is 1. The summed E-state index contributed by atoms with van der Waals surface area (Å²) in [6.07, 6.45) is 0.874. The van der Waals surface area contributed by atoms with E-state index in [2.05, 4.69) is 53.2 Å². The first-order valence-electron chi connectivity index (χ1n) is 11.1. The van der Waals surface area contributed by atoms with Crippen molar-refractivity contribution in [2.45, 2.75) is 26.2 Å². The molecule has 0 aromatic heterocycles. The van der Waals surface area contributed by atoms with E-state index in [0.29, 0.717) is 25.6 Å². The molecular formula is C25H35N3O2. The van der Waals surface area contributed by atoms with Crippen molar-refractivity contribution in [1.82, 2.24) is 15.1 Å². The minimum absolute atomic E-state index is 0.120. The fourth-order valence-corrected chi connectivity index (χ4v) is 3.65. The molecule has 2 aromatic rings. The topological polar surface area (TPSA) is 44.8 Å². The molecule has 0 aliphatic carbocycles. The van der Waals surface area contributed by atoms with E-state index in [1.807, 2.05) is 30.3 Å². The molecule has 0 unspecified atom stereocenters. The Morgan fingerprint density at radius 2 is 1.63 bits per heavy atom. The highest BCUT2D eigenvalue weighted by atomic mass is 16.5. The maximum absolute atomic E-state index is 12.3. The summed E-state index contributed by atoms with van der Waals surface area (Å²) in [7, 11) is 0. The molecule has 5 heteroatoms. The van der Waals surface area contributed by atoms with Gasteiger partial charge < -0.3 is 10.1 Å². The van der Waals surface area contributed by atoms with Gasteiger partial charge in [0.25, 0.3) is 0 Å². The standard InChI is InChI=1S/C25H35N3O2/c1-21(2)23-10-8-22(9-11-23)12-13-26-25(29)20-28-16-14-27(15-17-28)18-19-30-24-6-4-3-5-7-24/h3-11,21H,12-20H2,1-2H3,(H,26,29). The van der Waals surface area contributed by atoms with Crippen LogP contribution in [0.2, 0.25) is 0 Å². The summed E-state index contributed by atoms with van der Waals surface area (Å²) in [6.45, 7) is 11.0. The van der Waals surface area contributed by atoms with Gasteiger partial charge in [0.1, 0.15) is 12.4 Å². The van der Waals surface area contributed by atoms with E-state index in [0.717, 1.165) is 44.9 Å². The average Bonchev–Trinajstić information content (AvgIpc) is 2.76. The van der Waals surface area contributed by atoms with Gasteiger partial charge in [0.15, 0.2) is 0 Å². The maximum Gasteiger partial charge on any atom is 0.234 e. The Morgan fingerprint density at radius 1 is 0.967 bits per heavy atom. The summed E-state index contributed by atoms with van der Waals surface area (Å²) in [5.74, 6) is 1.59. The molecule has 1 heterocycles. The van der Waals surface area contributed by atoms with Crippen molar-refractivity contribution >= 4 is 5.91 Å². The first-order chi connectivity index (χ1) is 14.6. The summed E-state index contributed by atoms with van der Waals surface area (Å²) in [5, 5.41) is 3.07. The number of benzene rings is 2. The second-order valence-corrected chi connectivity index (χ2v) is 8.28. The zero-order chi connectivity index (χ0) is 21.2. The molecule has 0 bridgehead atoms. The average molecular weight is 410 g/mol. The normalized spacial score (nSPS) is 15.3. The van der Waals surface area contributed by atoms with Gasteiger partial charge in [-0.15, -0.1) is 0 Å². The van der Waals surface area contributed by atoms with Gasteiger partial charge in [0.2, 0.25) is 5.91 Å². The zero-order valence-corrected chi connectivity index (χ0v) is 18.3. The molecule has 30 heavy (non-hydrogen) atoms. The Kier molecular flexibility index (Phi) is 8.72. The van der Waals surface area contributed by atoms with Crippen LogP contribution >= 0.6 is 0 Å². The van der Waals surface area contributed by atoms with E-state index < -0.39 is 0 Å². The SMILES string of the molecule is CC(C)c1ccc(CCNC(=O)CN2CCN(CCOc3ccccc3)CC2)cc1. The van der Waals surface area contributed by atoms with Crippen molar-refractivity contribution in [2.24, 2.45) is 0 Å². The lowest BCUT2D eigenvalue weighted by Crippen LogP contribution is -2.50. The third-order valence-corrected chi connectivity index (χ3v) is 5.63. The van der Waals surface area contributed by atoms with Gasteiger partial charge in [-0.3, -0.25) is 14.6 Å². The van der Waals surface area contributed by atoms with Crippen LogP contribution in [0.3, 0.4) is 0 Å². The number of nitrogens with one attached hydrogen (secondary N) is 1. The van der Waals surface area contributed by atoms with E-state index in [1.54, 1.807) is 0 Å². The van der Waals surface area contributed by atoms with Crippen LogP contribution < -0.4 is 10.1 Å². The fraction of sp³-hybridized carbons (Fsp3) is 0.480. The van der Waals surface area contributed by atoms with Gasteiger partial charge in [-0.1, -0.05) is 56.3 Å². The zero-order valence-electron chi connectivity index (χ0n) is 18.3. The van der Waals surface area contributed by atoms with Gasteiger partial charge in [0.05, 0.1) is 6.54 Å². The minimum atomic E-state index is 0.120. The predicted molar refractivity (Wildman–Crippen MR) is 122 cm³/mol. The molecule has 1 aliphatic rings. The number of rotatable bonds is 10. The lowest BCUT2D eigenvalue weighted by Gasteiger charge is -2.34. The Bertz CT molecular complexity index is 754. The van der Waals surface area contributed by atoms with Crippen LogP contribution in [-0.2, 0) is 11.2 Å².